The molecule has 0 aliphatic heterocycles. The number of aromatic hydroxyl groups is 1. The fraction of sp³-hybridized carbons (Fsp3) is 0.500. The zero-order valence-electron chi connectivity index (χ0n) is 11.0. The molecule has 0 atom stereocenters. The first kappa shape index (κ1) is 13.6. The van der Waals surface area contributed by atoms with Crippen molar-refractivity contribution in [3.8, 4) is 5.75 Å². The van der Waals surface area contributed by atoms with Crippen LogP contribution in [0.1, 0.15) is 43.0 Å². The Bertz CT molecular complexity index is 454. The van der Waals surface area contributed by atoms with E-state index in [1.54, 1.807) is 13.0 Å². The summed E-state index contributed by atoms with van der Waals surface area (Å²) in [5, 5.41) is 20.8. The van der Waals surface area contributed by atoms with Crippen molar-refractivity contribution in [1.82, 2.24) is 0 Å². The molecule has 0 spiro atoms. The van der Waals surface area contributed by atoms with Crippen LogP contribution in [-0.4, -0.2) is 11.1 Å². The molecule has 0 saturated carbocycles. The predicted octanol–water partition coefficient (Wildman–Crippen LogP) is 1.60. The summed E-state index contributed by atoms with van der Waals surface area (Å²) in [6.07, 6.45) is -0.115. The second-order valence-electron chi connectivity index (χ2n) is 5.48. The summed E-state index contributed by atoms with van der Waals surface area (Å²) < 4.78 is 0. The summed E-state index contributed by atoms with van der Waals surface area (Å²) in [7, 11) is 0. The van der Waals surface area contributed by atoms with Gasteiger partial charge >= 0.3 is 0 Å². The zero-order chi connectivity index (χ0) is 13.4. The maximum Gasteiger partial charge on any atom is 0.122 e. The Kier molecular flexibility index (Phi) is 3.51. The van der Waals surface area contributed by atoms with Gasteiger partial charge in [-0.25, -0.2) is 0 Å². The number of rotatable bonds is 2. The van der Waals surface area contributed by atoms with E-state index in [0.717, 1.165) is 16.7 Å². The number of phenols is 1. The number of carboxylic acids is 1. The van der Waals surface area contributed by atoms with Gasteiger partial charge in [-0.05, 0) is 41.5 Å². The molecule has 0 bridgehead atoms. The van der Waals surface area contributed by atoms with Crippen LogP contribution >= 0.6 is 0 Å². The van der Waals surface area contributed by atoms with Gasteiger partial charge in [-0.2, -0.15) is 0 Å². The van der Waals surface area contributed by atoms with Crippen molar-refractivity contribution in [2.24, 2.45) is 0 Å². The van der Waals surface area contributed by atoms with Crippen LogP contribution < -0.4 is 5.11 Å². The third-order valence-corrected chi connectivity index (χ3v) is 3.12. The van der Waals surface area contributed by atoms with E-state index in [1.807, 2.05) is 27.7 Å². The molecule has 0 saturated heterocycles. The van der Waals surface area contributed by atoms with E-state index in [0.29, 0.717) is 5.56 Å². The Morgan fingerprint density at radius 3 is 2.24 bits per heavy atom. The molecule has 0 aromatic heterocycles. The van der Waals surface area contributed by atoms with Crippen LogP contribution in [-0.2, 0) is 16.6 Å². The summed E-state index contributed by atoms with van der Waals surface area (Å²) in [6, 6.07) is 1.77. The van der Waals surface area contributed by atoms with Gasteiger partial charge in [0.15, 0.2) is 0 Å². The molecule has 0 heterocycles. The monoisotopic (exact) mass is 235 g/mol. The van der Waals surface area contributed by atoms with Crippen molar-refractivity contribution < 1.29 is 15.0 Å². The lowest BCUT2D eigenvalue weighted by Gasteiger charge is -2.24. The van der Waals surface area contributed by atoms with Gasteiger partial charge in [-0.1, -0.05) is 26.8 Å². The molecule has 94 valence electrons. The minimum atomic E-state index is -1.10. The molecule has 0 radical (unpaired) electrons. The van der Waals surface area contributed by atoms with E-state index >= 15 is 0 Å². The SMILES string of the molecule is Cc1c(CC(=O)[O-])cc(C(C)(C)C)c(O)c1C. The molecule has 3 heteroatoms. The third kappa shape index (κ3) is 2.78. The summed E-state index contributed by atoms with van der Waals surface area (Å²) >= 11 is 0. The molecule has 1 aromatic carbocycles. The normalized spacial score (nSPS) is 11.6. The fourth-order valence-corrected chi connectivity index (χ4v) is 1.88. The fourth-order valence-electron chi connectivity index (χ4n) is 1.88. The van der Waals surface area contributed by atoms with Gasteiger partial charge in [-0.15, -0.1) is 0 Å². The Morgan fingerprint density at radius 2 is 1.82 bits per heavy atom. The third-order valence-electron chi connectivity index (χ3n) is 3.12. The average molecular weight is 235 g/mol. The average Bonchev–Trinajstić information content (AvgIpc) is 2.16. The molecular formula is C14H19O3-. The highest BCUT2D eigenvalue weighted by atomic mass is 16.4. The second-order valence-corrected chi connectivity index (χ2v) is 5.48. The quantitative estimate of drug-likeness (QED) is 0.847. The Morgan fingerprint density at radius 1 is 1.29 bits per heavy atom. The first-order chi connectivity index (χ1) is 7.64. The van der Waals surface area contributed by atoms with E-state index < -0.39 is 5.97 Å². The number of carbonyl (C=O) groups excluding carboxylic acids is 1. The van der Waals surface area contributed by atoms with Crippen LogP contribution in [0.25, 0.3) is 0 Å². The zero-order valence-corrected chi connectivity index (χ0v) is 11.0. The van der Waals surface area contributed by atoms with E-state index in [1.165, 1.54) is 0 Å². The predicted molar refractivity (Wildman–Crippen MR) is 65.0 cm³/mol. The van der Waals surface area contributed by atoms with Crippen molar-refractivity contribution in [2.75, 3.05) is 0 Å². The number of hydrogen-bond donors (Lipinski definition) is 1. The molecule has 17 heavy (non-hydrogen) atoms. The Labute approximate surface area is 102 Å². The standard InChI is InChI=1S/C14H20O3/c1-8-9(2)13(17)11(14(3,4)5)6-10(8)7-12(15)16/h6,17H,7H2,1-5H3,(H,15,16)/p-1. The van der Waals surface area contributed by atoms with Crippen LogP contribution in [0.2, 0.25) is 0 Å². The first-order valence-electron chi connectivity index (χ1n) is 5.67. The van der Waals surface area contributed by atoms with E-state index in [9.17, 15) is 15.0 Å². The van der Waals surface area contributed by atoms with Gasteiger partial charge < -0.3 is 15.0 Å². The summed E-state index contributed by atoms with van der Waals surface area (Å²) in [5.41, 5.74) is 2.83. The second kappa shape index (κ2) is 4.40. The van der Waals surface area contributed by atoms with Gasteiger partial charge in [0.25, 0.3) is 0 Å². The lowest BCUT2D eigenvalue weighted by molar-refractivity contribution is -0.304. The molecule has 0 aliphatic rings. The molecule has 1 rings (SSSR count). The largest absolute Gasteiger partial charge is 0.550 e. The minimum absolute atomic E-state index is 0.115. The minimum Gasteiger partial charge on any atom is -0.550 e. The first-order valence-corrected chi connectivity index (χ1v) is 5.67. The Hall–Kier alpha value is -1.51. The van der Waals surface area contributed by atoms with Gasteiger partial charge in [0.05, 0.1) is 0 Å². The molecule has 0 amide bonds. The van der Waals surface area contributed by atoms with Crippen molar-refractivity contribution in [2.45, 2.75) is 46.5 Å². The number of carboxylic acid groups (broad SMARTS) is 1. The van der Waals surface area contributed by atoms with Gasteiger partial charge in [-0.3, -0.25) is 0 Å². The van der Waals surface area contributed by atoms with E-state index in [4.69, 9.17) is 0 Å². The molecule has 1 N–H and O–H groups in total. The van der Waals surface area contributed by atoms with E-state index in [-0.39, 0.29) is 17.6 Å². The van der Waals surface area contributed by atoms with Gasteiger partial charge in [0.1, 0.15) is 5.75 Å². The van der Waals surface area contributed by atoms with Crippen molar-refractivity contribution >= 4 is 5.97 Å². The number of benzene rings is 1. The van der Waals surface area contributed by atoms with Crippen LogP contribution in [0, 0.1) is 13.8 Å². The molecule has 0 unspecified atom stereocenters. The molecule has 1 aromatic rings. The number of phenolic OH excluding ortho intramolecular Hbond substituents is 1. The molecule has 3 nitrogen and oxygen atoms in total. The van der Waals surface area contributed by atoms with Gasteiger partial charge in [0, 0.05) is 12.4 Å². The highest BCUT2D eigenvalue weighted by molar-refractivity contribution is 5.69. The molecule has 0 aliphatic carbocycles. The summed E-state index contributed by atoms with van der Waals surface area (Å²) in [5.74, 6) is -0.838. The molecular weight excluding hydrogens is 216 g/mol. The van der Waals surface area contributed by atoms with E-state index in [2.05, 4.69) is 0 Å². The highest BCUT2D eigenvalue weighted by Crippen LogP contribution is 2.36. The van der Waals surface area contributed by atoms with Crippen molar-refractivity contribution in [3.63, 3.8) is 0 Å². The summed E-state index contributed by atoms with van der Waals surface area (Å²) in [4.78, 5) is 10.7. The van der Waals surface area contributed by atoms with Gasteiger partial charge in [0.2, 0.25) is 0 Å². The lowest BCUT2D eigenvalue weighted by atomic mass is 9.82. The topological polar surface area (TPSA) is 60.4 Å². The maximum absolute atomic E-state index is 10.7. The number of hydrogen-bond acceptors (Lipinski definition) is 3. The lowest BCUT2D eigenvalue weighted by Crippen LogP contribution is -2.25. The number of aliphatic carboxylic acids is 1. The number of carbonyl (C=O) groups is 1. The van der Waals surface area contributed by atoms with Crippen molar-refractivity contribution in [1.29, 1.82) is 0 Å². The smallest absolute Gasteiger partial charge is 0.122 e. The van der Waals surface area contributed by atoms with Crippen molar-refractivity contribution in [3.05, 3.63) is 28.3 Å². The maximum atomic E-state index is 10.7. The molecule has 0 fully saturated rings. The highest BCUT2D eigenvalue weighted by Gasteiger charge is 2.21. The Balaban J connectivity index is 3.44. The van der Waals surface area contributed by atoms with Crippen LogP contribution in [0.5, 0.6) is 5.75 Å². The van der Waals surface area contributed by atoms with Crippen LogP contribution in [0.15, 0.2) is 6.07 Å². The van der Waals surface area contributed by atoms with Crippen LogP contribution in [0.4, 0.5) is 0 Å². The van der Waals surface area contributed by atoms with Crippen LogP contribution in [0.3, 0.4) is 0 Å². The summed E-state index contributed by atoms with van der Waals surface area (Å²) in [6.45, 7) is 9.58.